The number of hydrogen-bond donors (Lipinski definition) is 4. The van der Waals surface area contributed by atoms with Crippen molar-refractivity contribution in [3.8, 4) is 0 Å². The second-order valence-electron chi connectivity index (χ2n) is 9.28. The number of rotatable bonds is 4. The van der Waals surface area contributed by atoms with E-state index in [4.69, 9.17) is 16.2 Å². The lowest BCUT2D eigenvalue weighted by atomic mass is 9.92. The van der Waals surface area contributed by atoms with Crippen LogP contribution in [-0.4, -0.2) is 71.9 Å². The number of nitrogen functional groups attached to an aromatic ring is 1. The smallest absolute Gasteiger partial charge is 0.276 e. The van der Waals surface area contributed by atoms with Crippen molar-refractivity contribution in [2.75, 3.05) is 53.7 Å². The molecule has 11 heteroatoms. The number of piperidine rings is 1. The Labute approximate surface area is 208 Å². The van der Waals surface area contributed by atoms with Crippen LogP contribution in [0.1, 0.15) is 17.4 Å². The summed E-state index contributed by atoms with van der Waals surface area (Å²) in [4.78, 5) is 37.9. The molecule has 4 heterocycles. The van der Waals surface area contributed by atoms with Gasteiger partial charge in [0, 0.05) is 48.9 Å². The first-order valence-electron chi connectivity index (χ1n) is 11.8. The van der Waals surface area contributed by atoms with E-state index in [0.717, 1.165) is 11.1 Å². The van der Waals surface area contributed by atoms with Crippen LogP contribution in [0.2, 0.25) is 0 Å². The van der Waals surface area contributed by atoms with Crippen LogP contribution in [0.25, 0.3) is 10.9 Å². The van der Waals surface area contributed by atoms with Crippen molar-refractivity contribution >= 4 is 45.5 Å². The minimum Gasteiger partial charge on any atom is -0.397 e. The highest BCUT2D eigenvalue weighted by atomic mass is 16.5. The Kier molecular flexibility index (Phi) is 6.44. The fourth-order valence-corrected chi connectivity index (χ4v) is 4.76. The average molecular weight is 492 g/mol. The van der Waals surface area contributed by atoms with Crippen LogP contribution in [0.5, 0.6) is 0 Å². The summed E-state index contributed by atoms with van der Waals surface area (Å²) in [5, 5.41) is 13.9. The van der Waals surface area contributed by atoms with Gasteiger partial charge in [-0.25, -0.2) is 4.98 Å². The molecule has 188 valence electrons. The molecule has 5 rings (SSSR count). The number of carbonyl (C=O) groups excluding carboxylic acids is 2. The number of amides is 2. The zero-order valence-corrected chi connectivity index (χ0v) is 19.9. The normalized spacial score (nSPS) is 22.6. The second kappa shape index (κ2) is 9.69. The number of nitrogens with zero attached hydrogens (tertiary/aromatic N) is 4. The molecule has 0 spiro atoms. The summed E-state index contributed by atoms with van der Waals surface area (Å²) in [6, 6.07) is 8.51. The van der Waals surface area contributed by atoms with E-state index < -0.39 is 18.1 Å². The Bertz CT molecular complexity index is 1300. The fraction of sp³-hybridized carbons (Fsp3) is 0.360. The minimum atomic E-state index is -0.583. The van der Waals surface area contributed by atoms with Crippen LogP contribution in [0.15, 0.2) is 42.7 Å². The van der Waals surface area contributed by atoms with Gasteiger partial charge in [-0.05, 0) is 24.3 Å². The van der Waals surface area contributed by atoms with Crippen LogP contribution in [-0.2, 0) is 9.53 Å². The number of ether oxygens (including phenoxy) is 1. The molecule has 2 aromatic heterocycles. The van der Waals surface area contributed by atoms with Gasteiger partial charge in [-0.3, -0.25) is 14.6 Å². The molecule has 2 aliphatic heterocycles. The number of aliphatic hydroxyl groups is 1. The van der Waals surface area contributed by atoms with Gasteiger partial charge in [-0.2, -0.15) is 0 Å². The zero-order chi connectivity index (χ0) is 25.4. The van der Waals surface area contributed by atoms with Gasteiger partial charge in [0.25, 0.3) is 11.8 Å². The van der Waals surface area contributed by atoms with E-state index in [1.54, 1.807) is 35.5 Å². The summed E-state index contributed by atoms with van der Waals surface area (Å²) < 4.78 is 5.21. The number of aromatic nitrogens is 2. The molecule has 0 radical (unpaired) electrons. The molecule has 0 aliphatic carbocycles. The highest BCUT2D eigenvalue weighted by Crippen LogP contribution is 2.30. The molecule has 2 fully saturated rings. The van der Waals surface area contributed by atoms with Crippen molar-refractivity contribution in [1.82, 2.24) is 9.97 Å². The summed E-state index contributed by atoms with van der Waals surface area (Å²) in [6.45, 7) is 3.91. The average Bonchev–Trinajstić information content (AvgIpc) is 2.87. The fourth-order valence-electron chi connectivity index (χ4n) is 4.76. The maximum Gasteiger partial charge on any atom is 0.276 e. The summed E-state index contributed by atoms with van der Waals surface area (Å²) in [5.41, 5.74) is 15.1. The lowest BCUT2D eigenvalue weighted by Gasteiger charge is -2.40. The maximum absolute atomic E-state index is 13.3. The summed E-state index contributed by atoms with van der Waals surface area (Å²) in [5.74, 6) is -0.640. The quantitative estimate of drug-likeness (QED) is 0.417. The topological polar surface area (TPSA) is 160 Å². The molecule has 0 saturated carbocycles. The number of pyridine rings is 2. The predicted molar refractivity (Wildman–Crippen MR) is 137 cm³/mol. The highest BCUT2D eigenvalue weighted by molar-refractivity contribution is 6.09. The Morgan fingerprint density at radius 2 is 2.08 bits per heavy atom. The number of nitrogens with one attached hydrogen (secondary N) is 1. The summed E-state index contributed by atoms with van der Waals surface area (Å²) in [6.07, 6.45) is 2.62. The lowest BCUT2D eigenvalue weighted by molar-refractivity contribution is -0.125. The van der Waals surface area contributed by atoms with Crippen LogP contribution in [0.4, 0.5) is 22.7 Å². The molecule has 2 aliphatic rings. The van der Waals surface area contributed by atoms with Crippen molar-refractivity contribution in [1.29, 1.82) is 0 Å². The van der Waals surface area contributed by atoms with Gasteiger partial charge < -0.3 is 36.4 Å². The van der Waals surface area contributed by atoms with Gasteiger partial charge >= 0.3 is 0 Å². The van der Waals surface area contributed by atoms with Gasteiger partial charge in [-0.1, -0.05) is 13.0 Å². The third kappa shape index (κ3) is 4.55. The first kappa shape index (κ1) is 23.9. The number of fused-ring (bicyclic) bond motifs is 1. The van der Waals surface area contributed by atoms with E-state index in [2.05, 4.69) is 15.3 Å². The molecule has 3 atom stereocenters. The van der Waals surface area contributed by atoms with E-state index in [1.807, 2.05) is 24.0 Å². The molecule has 6 N–H and O–H groups in total. The van der Waals surface area contributed by atoms with Crippen molar-refractivity contribution in [3.05, 3.63) is 48.4 Å². The van der Waals surface area contributed by atoms with E-state index >= 15 is 0 Å². The van der Waals surface area contributed by atoms with Gasteiger partial charge in [0.15, 0.2) is 5.69 Å². The van der Waals surface area contributed by atoms with Crippen LogP contribution in [0.3, 0.4) is 0 Å². The van der Waals surface area contributed by atoms with Crippen molar-refractivity contribution in [2.24, 2.45) is 11.7 Å². The molecular formula is C25H29N7O4. The SMILES string of the molecule is CC1CN(c2ccncc2NC(=O)c2nc3cc(N4CCOCC4=O)ccc3cc2N)CC(N)C1O. The number of nitrogens with two attached hydrogens (primary N) is 2. The number of benzene rings is 1. The van der Waals surface area contributed by atoms with Crippen LogP contribution < -0.4 is 26.6 Å². The monoisotopic (exact) mass is 491 g/mol. The molecule has 0 bridgehead atoms. The Morgan fingerprint density at radius 3 is 2.86 bits per heavy atom. The van der Waals surface area contributed by atoms with Crippen LogP contribution in [0, 0.1) is 5.92 Å². The standard InChI is InChI=1S/C25H29N7O4/c1-14-11-31(12-18(27)24(14)34)21-4-5-28-10-20(21)30-25(35)23-17(26)8-15-2-3-16(9-19(15)29-23)32-6-7-36-13-22(32)33/h2-5,8-10,14,18,24,34H,6-7,11-13,26-27H2,1H3,(H,30,35). The molecule has 2 amide bonds. The first-order chi connectivity index (χ1) is 17.3. The number of carbonyl (C=O) groups is 2. The molecule has 2 saturated heterocycles. The van der Waals surface area contributed by atoms with Gasteiger partial charge in [0.2, 0.25) is 0 Å². The maximum atomic E-state index is 13.3. The van der Waals surface area contributed by atoms with Gasteiger partial charge in [0.05, 0.1) is 41.5 Å². The largest absolute Gasteiger partial charge is 0.397 e. The summed E-state index contributed by atoms with van der Waals surface area (Å²) in [7, 11) is 0. The summed E-state index contributed by atoms with van der Waals surface area (Å²) >= 11 is 0. The third-order valence-corrected chi connectivity index (χ3v) is 6.69. The Morgan fingerprint density at radius 1 is 1.25 bits per heavy atom. The highest BCUT2D eigenvalue weighted by Gasteiger charge is 2.32. The molecule has 36 heavy (non-hydrogen) atoms. The van der Waals surface area contributed by atoms with E-state index in [9.17, 15) is 14.7 Å². The van der Waals surface area contributed by atoms with E-state index in [-0.39, 0.29) is 29.8 Å². The van der Waals surface area contributed by atoms with Gasteiger partial charge in [-0.15, -0.1) is 0 Å². The molecule has 1 aromatic carbocycles. The Balaban J connectivity index is 1.42. The van der Waals surface area contributed by atoms with Crippen molar-refractivity contribution in [2.45, 2.75) is 19.1 Å². The first-order valence-corrected chi connectivity index (χ1v) is 11.8. The predicted octanol–water partition coefficient (Wildman–Crippen LogP) is 0.972. The van der Waals surface area contributed by atoms with Gasteiger partial charge in [0.1, 0.15) is 6.61 Å². The number of anilines is 4. The molecule has 3 aromatic rings. The molecular weight excluding hydrogens is 462 g/mol. The Hall–Kier alpha value is -3.80. The molecule has 3 unspecified atom stereocenters. The number of hydrogen-bond acceptors (Lipinski definition) is 9. The lowest BCUT2D eigenvalue weighted by Crippen LogP contribution is -2.55. The third-order valence-electron chi connectivity index (χ3n) is 6.69. The van der Waals surface area contributed by atoms with E-state index in [0.29, 0.717) is 43.1 Å². The number of morpholine rings is 1. The number of aliphatic hydroxyl groups excluding tert-OH is 1. The molecule has 11 nitrogen and oxygen atoms in total. The minimum absolute atomic E-state index is 0.0317. The van der Waals surface area contributed by atoms with Crippen LogP contribution >= 0.6 is 0 Å². The van der Waals surface area contributed by atoms with Crippen molar-refractivity contribution in [3.63, 3.8) is 0 Å². The van der Waals surface area contributed by atoms with Crippen molar-refractivity contribution < 1.29 is 19.4 Å². The van der Waals surface area contributed by atoms with E-state index in [1.165, 1.54) is 0 Å². The second-order valence-corrected chi connectivity index (χ2v) is 9.28. The zero-order valence-electron chi connectivity index (χ0n) is 19.9.